The normalized spacial score (nSPS) is 16.0. The molecule has 5 heteroatoms. The molecule has 1 aromatic carbocycles. The third-order valence-electron chi connectivity index (χ3n) is 4.54. The van der Waals surface area contributed by atoms with Gasteiger partial charge in [0.05, 0.1) is 12.1 Å². The summed E-state index contributed by atoms with van der Waals surface area (Å²) in [5, 5.41) is 22.2. The molecule has 1 heterocycles. The van der Waals surface area contributed by atoms with Crippen LogP contribution in [0.15, 0.2) is 54.9 Å². The lowest BCUT2D eigenvalue weighted by atomic mass is 10.0. The van der Waals surface area contributed by atoms with Gasteiger partial charge in [-0.15, -0.1) is 0 Å². The van der Waals surface area contributed by atoms with Crippen LogP contribution < -0.4 is 4.73 Å². The number of benzene rings is 1. The summed E-state index contributed by atoms with van der Waals surface area (Å²) in [7, 11) is 0. The quantitative estimate of drug-likeness (QED) is 0.677. The first-order chi connectivity index (χ1) is 11.6. The summed E-state index contributed by atoms with van der Waals surface area (Å²) in [6, 6.07) is 12.9. The Kier molecular flexibility index (Phi) is 4.81. The second-order valence-corrected chi connectivity index (χ2v) is 6.53. The lowest BCUT2D eigenvalue weighted by Gasteiger charge is -2.31. The van der Waals surface area contributed by atoms with Crippen LogP contribution in [0.3, 0.4) is 0 Å². The van der Waals surface area contributed by atoms with E-state index in [4.69, 9.17) is 0 Å². The van der Waals surface area contributed by atoms with Crippen molar-refractivity contribution in [3.63, 3.8) is 0 Å². The minimum absolute atomic E-state index is 0.232. The van der Waals surface area contributed by atoms with E-state index in [0.29, 0.717) is 29.7 Å². The molecule has 0 radical (unpaired) electrons. The largest absolute Gasteiger partial charge is 0.619 e. The van der Waals surface area contributed by atoms with Crippen molar-refractivity contribution in [3.8, 4) is 0 Å². The molecule has 1 aromatic heterocycles. The molecule has 1 saturated carbocycles. The Morgan fingerprint density at radius 3 is 2.54 bits per heavy atom. The van der Waals surface area contributed by atoms with Crippen LogP contribution in [0.25, 0.3) is 0 Å². The predicted molar refractivity (Wildman–Crippen MR) is 90.0 cm³/mol. The Bertz CT molecular complexity index is 697. The Morgan fingerprint density at radius 2 is 1.88 bits per heavy atom. The molecule has 1 N–H and O–H groups in total. The van der Waals surface area contributed by atoms with Crippen molar-refractivity contribution in [2.45, 2.75) is 37.8 Å². The number of hydrogen-bond acceptors (Lipinski definition) is 3. The van der Waals surface area contributed by atoms with Gasteiger partial charge in [-0.05, 0) is 24.5 Å². The molecule has 3 rings (SSSR count). The van der Waals surface area contributed by atoms with E-state index in [1.807, 2.05) is 30.3 Å². The second kappa shape index (κ2) is 7.01. The SMILES string of the molecule is O=C(c1ccc[n+]([O-])c1)N(Cc1ccccc1)CC1(O)CCCC1. The van der Waals surface area contributed by atoms with Crippen molar-refractivity contribution in [3.05, 3.63) is 71.2 Å². The average molecular weight is 326 g/mol. The van der Waals surface area contributed by atoms with E-state index in [-0.39, 0.29) is 12.5 Å². The smallest absolute Gasteiger partial charge is 0.260 e. The number of carbonyl (C=O) groups excluding carboxylic acids is 1. The molecule has 0 aliphatic heterocycles. The first-order valence-electron chi connectivity index (χ1n) is 8.30. The summed E-state index contributed by atoms with van der Waals surface area (Å²) in [6.45, 7) is 0.699. The molecule has 0 spiro atoms. The minimum Gasteiger partial charge on any atom is -0.619 e. The number of carbonyl (C=O) groups is 1. The van der Waals surface area contributed by atoms with Crippen molar-refractivity contribution in [2.75, 3.05) is 6.54 Å². The third kappa shape index (κ3) is 3.92. The molecule has 2 aromatic rings. The maximum atomic E-state index is 12.9. The monoisotopic (exact) mass is 326 g/mol. The van der Waals surface area contributed by atoms with Gasteiger partial charge in [-0.2, -0.15) is 4.73 Å². The maximum Gasteiger partial charge on any atom is 0.260 e. The van der Waals surface area contributed by atoms with E-state index in [0.717, 1.165) is 18.4 Å². The van der Waals surface area contributed by atoms with Crippen LogP contribution in [0, 0.1) is 5.21 Å². The highest BCUT2D eigenvalue weighted by Crippen LogP contribution is 2.31. The summed E-state index contributed by atoms with van der Waals surface area (Å²) in [5.74, 6) is -0.232. The summed E-state index contributed by atoms with van der Waals surface area (Å²) < 4.78 is 0.623. The van der Waals surface area contributed by atoms with E-state index in [1.54, 1.807) is 17.0 Å². The topological polar surface area (TPSA) is 67.5 Å². The highest BCUT2D eigenvalue weighted by Gasteiger charge is 2.35. The van der Waals surface area contributed by atoms with Gasteiger partial charge in [-0.25, -0.2) is 0 Å². The van der Waals surface area contributed by atoms with Crippen LogP contribution in [-0.2, 0) is 6.54 Å². The molecule has 24 heavy (non-hydrogen) atoms. The average Bonchev–Trinajstić information content (AvgIpc) is 3.01. The molecule has 126 valence electrons. The van der Waals surface area contributed by atoms with Gasteiger partial charge in [0.2, 0.25) is 0 Å². The minimum atomic E-state index is -0.827. The third-order valence-corrected chi connectivity index (χ3v) is 4.54. The number of nitrogens with zero attached hydrogens (tertiary/aromatic N) is 2. The number of aliphatic hydroxyl groups is 1. The molecule has 1 aliphatic carbocycles. The molecule has 1 amide bonds. The van der Waals surface area contributed by atoms with Gasteiger partial charge in [0.1, 0.15) is 5.56 Å². The van der Waals surface area contributed by atoms with Crippen LogP contribution in [0.4, 0.5) is 0 Å². The number of pyridine rings is 1. The van der Waals surface area contributed by atoms with Gasteiger partial charge < -0.3 is 15.2 Å². The van der Waals surface area contributed by atoms with Crippen molar-refractivity contribution in [1.82, 2.24) is 4.90 Å². The molecule has 0 unspecified atom stereocenters. The molecule has 0 saturated heterocycles. The van der Waals surface area contributed by atoms with Crippen LogP contribution in [0.5, 0.6) is 0 Å². The van der Waals surface area contributed by atoms with Gasteiger partial charge in [0, 0.05) is 12.6 Å². The zero-order chi connectivity index (χ0) is 17.0. The number of hydrogen-bond donors (Lipinski definition) is 1. The zero-order valence-electron chi connectivity index (χ0n) is 13.6. The highest BCUT2D eigenvalue weighted by molar-refractivity contribution is 5.93. The Hall–Kier alpha value is -2.40. The van der Waals surface area contributed by atoms with E-state index in [2.05, 4.69) is 0 Å². The van der Waals surface area contributed by atoms with Crippen LogP contribution in [0.2, 0.25) is 0 Å². The van der Waals surface area contributed by atoms with Crippen molar-refractivity contribution < 1.29 is 14.6 Å². The van der Waals surface area contributed by atoms with Gasteiger partial charge in [-0.3, -0.25) is 4.79 Å². The van der Waals surface area contributed by atoms with Crippen molar-refractivity contribution >= 4 is 5.91 Å². The van der Waals surface area contributed by atoms with Gasteiger partial charge in [0.25, 0.3) is 5.91 Å². The molecule has 1 aliphatic rings. The standard InChI is InChI=1S/C19H22N2O3/c22-18(17-9-6-12-21(24)14-17)20(13-16-7-2-1-3-8-16)15-19(23)10-4-5-11-19/h1-3,6-9,12,14,23H,4-5,10-11,13,15H2. The fourth-order valence-corrected chi connectivity index (χ4v) is 3.31. The molecular formula is C19H22N2O3. The van der Waals surface area contributed by atoms with E-state index in [9.17, 15) is 15.1 Å². The van der Waals surface area contributed by atoms with Crippen LogP contribution in [-0.4, -0.2) is 28.1 Å². The van der Waals surface area contributed by atoms with E-state index in [1.165, 1.54) is 12.4 Å². The zero-order valence-corrected chi connectivity index (χ0v) is 13.6. The van der Waals surface area contributed by atoms with Crippen LogP contribution in [0.1, 0.15) is 41.6 Å². The predicted octanol–water partition coefficient (Wildman–Crippen LogP) is 2.27. The highest BCUT2D eigenvalue weighted by atomic mass is 16.5. The number of aromatic nitrogens is 1. The molecule has 5 nitrogen and oxygen atoms in total. The Morgan fingerprint density at radius 1 is 1.17 bits per heavy atom. The second-order valence-electron chi connectivity index (χ2n) is 6.53. The van der Waals surface area contributed by atoms with Crippen LogP contribution >= 0.6 is 0 Å². The van der Waals surface area contributed by atoms with E-state index < -0.39 is 5.60 Å². The lowest BCUT2D eigenvalue weighted by Crippen LogP contribution is -2.44. The Balaban J connectivity index is 1.84. The van der Waals surface area contributed by atoms with Gasteiger partial charge in [-0.1, -0.05) is 43.2 Å². The van der Waals surface area contributed by atoms with Crippen molar-refractivity contribution in [1.29, 1.82) is 0 Å². The summed E-state index contributed by atoms with van der Waals surface area (Å²) in [4.78, 5) is 14.5. The number of rotatable bonds is 5. The Labute approximate surface area is 141 Å². The molecule has 0 atom stereocenters. The van der Waals surface area contributed by atoms with Crippen molar-refractivity contribution in [2.24, 2.45) is 0 Å². The summed E-state index contributed by atoms with van der Waals surface area (Å²) in [6.07, 6.45) is 6.01. The fraction of sp³-hybridized carbons (Fsp3) is 0.368. The first kappa shape index (κ1) is 16.5. The lowest BCUT2D eigenvalue weighted by molar-refractivity contribution is -0.605. The summed E-state index contributed by atoms with van der Waals surface area (Å²) in [5.41, 5.74) is 0.510. The van der Waals surface area contributed by atoms with E-state index >= 15 is 0 Å². The summed E-state index contributed by atoms with van der Waals surface area (Å²) >= 11 is 0. The van der Waals surface area contributed by atoms with Gasteiger partial charge >= 0.3 is 0 Å². The fourth-order valence-electron chi connectivity index (χ4n) is 3.31. The molecular weight excluding hydrogens is 304 g/mol. The molecule has 0 bridgehead atoms. The maximum absolute atomic E-state index is 12.9. The molecule has 1 fully saturated rings. The number of amides is 1. The van der Waals surface area contributed by atoms with Gasteiger partial charge in [0.15, 0.2) is 12.4 Å². The first-order valence-corrected chi connectivity index (χ1v) is 8.30.